The number of hydrogen-bond donors (Lipinski definition) is 2. The Morgan fingerprint density at radius 2 is 1.91 bits per heavy atom. The fraction of sp³-hybridized carbons (Fsp3) is 0.375. The highest BCUT2D eigenvalue weighted by Crippen LogP contribution is 2.27. The molecular formula is C24H29N5O3. The molecule has 3 heterocycles. The van der Waals surface area contributed by atoms with Crippen molar-refractivity contribution >= 4 is 16.8 Å². The maximum Gasteiger partial charge on any atom is 0.269 e. The first-order valence-electron chi connectivity index (χ1n) is 10.9. The summed E-state index contributed by atoms with van der Waals surface area (Å²) < 4.78 is 5.34. The van der Waals surface area contributed by atoms with Gasteiger partial charge in [-0.05, 0) is 42.0 Å². The lowest BCUT2D eigenvalue weighted by Crippen LogP contribution is -2.49. The molecule has 1 aliphatic rings. The van der Waals surface area contributed by atoms with Crippen LogP contribution in [-0.4, -0.2) is 83.7 Å². The zero-order chi connectivity index (χ0) is 22.3. The Labute approximate surface area is 187 Å². The number of fused-ring (bicyclic) bond motifs is 1. The van der Waals surface area contributed by atoms with Crippen molar-refractivity contribution in [2.45, 2.75) is 6.10 Å². The summed E-state index contributed by atoms with van der Waals surface area (Å²) in [7, 11) is 1.64. The molecule has 0 bridgehead atoms. The molecule has 1 aliphatic heterocycles. The van der Waals surface area contributed by atoms with Crippen LogP contribution in [0.25, 0.3) is 10.9 Å². The zero-order valence-corrected chi connectivity index (χ0v) is 18.3. The molecule has 0 spiro atoms. The number of nitrogens with one attached hydrogen (secondary N) is 1. The average Bonchev–Trinajstić information content (AvgIpc) is 2.84. The van der Waals surface area contributed by atoms with Crippen molar-refractivity contribution in [2.75, 3.05) is 52.9 Å². The van der Waals surface area contributed by atoms with Gasteiger partial charge >= 0.3 is 0 Å². The van der Waals surface area contributed by atoms with E-state index < -0.39 is 6.10 Å². The number of ether oxygens (including phenoxy) is 1. The summed E-state index contributed by atoms with van der Waals surface area (Å²) in [4.78, 5) is 25.2. The van der Waals surface area contributed by atoms with Crippen LogP contribution in [0.2, 0.25) is 0 Å². The van der Waals surface area contributed by atoms with Gasteiger partial charge in [0.1, 0.15) is 11.4 Å². The Kier molecular flexibility index (Phi) is 7.26. The van der Waals surface area contributed by atoms with E-state index in [4.69, 9.17) is 4.74 Å². The van der Waals surface area contributed by atoms with Gasteiger partial charge in [0.15, 0.2) is 0 Å². The highest BCUT2D eigenvalue weighted by Gasteiger charge is 2.21. The van der Waals surface area contributed by atoms with E-state index in [1.165, 1.54) is 0 Å². The Balaban J connectivity index is 1.25. The van der Waals surface area contributed by atoms with Crippen molar-refractivity contribution in [1.29, 1.82) is 0 Å². The monoisotopic (exact) mass is 435 g/mol. The molecule has 8 heteroatoms. The number of amides is 1. The van der Waals surface area contributed by atoms with Crippen molar-refractivity contribution in [2.24, 2.45) is 0 Å². The SMILES string of the molecule is COc1ccc2nccc([C@@H](O)CN3CCN(CCNC(=O)c4ccccn4)CC3)c2c1. The largest absolute Gasteiger partial charge is 0.497 e. The minimum absolute atomic E-state index is 0.145. The molecule has 1 fully saturated rings. The average molecular weight is 436 g/mol. The lowest BCUT2D eigenvalue weighted by molar-refractivity contribution is 0.0724. The van der Waals surface area contributed by atoms with Crippen LogP contribution in [0.5, 0.6) is 5.75 Å². The van der Waals surface area contributed by atoms with Gasteiger partial charge in [0.2, 0.25) is 0 Å². The molecule has 2 aromatic heterocycles. The molecule has 8 nitrogen and oxygen atoms in total. The Bertz CT molecular complexity index is 1040. The van der Waals surface area contributed by atoms with Gasteiger partial charge < -0.3 is 15.2 Å². The standard InChI is InChI=1S/C24H29N5O3/c1-32-18-5-6-21-20(16-18)19(7-9-26-21)23(30)17-29-14-12-28(13-15-29)11-10-27-24(31)22-4-2-3-8-25-22/h2-9,16,23,30H,10-15,17H2,1H3,(H,27,31)/t23-/m0/s1. The Morgan fingerprint density at radius 1 is 1.09 bits per heavy atom. The van der Waals surface area contributed by atoms with Crippen molar-refractivity contribution in [1.82, 2.24) is 25.1 Å². The summed E-state index contributed by atoms with van der Waals surface area (Å²) in [5, 5.41) is 14.8. The minimum atomic E-state index is -0.600. The molecular weight excluding hydrogens is 406 g/mol. The smallest absolute Gasteiger partial charge is 0.269 e. The highest BCUT2D eigenvalue weighted by atomic mass is 16.5. The van der Waals surface area contributed by atoms with Crippen LogP contribution in [0.3, 0.4) is 0 Å². The number of piperazine rings is 1. The van der Waals surface area contributed by atoms with Crippen LogP contribution in [-0.2, 0) is 0 Å². The number of aliphatic hydroxyl groups is 1. The molecule has 4 rings (SSSR count). The van der Waals surface area contributed by atoms with E-state index in [0.29, 0.717) is 18.8 Å². The predicted octanol–water partition coefficient (Wildman–Crippen LogP) is 1.72. The summed E-state index contributed by atoms with van der Waals surface area (Å²) in [6.45, 7) is 5.50. The maximum atomic E-state index is 12.1. The lowest BCUT2D eigenvalue weighted by atomic mass is 10.0. The topological polar surface area (TPSA) is 90.8 Å². The molecule has 0 saturated carbocycles. The fourth-order valence-electron chi connectivity index (χ4n) is 4.02. The van der Waals surface area contributed by atoms with Crippen molar-refractivity contribution < 1.29 is 14.6 Å². The molecule has 1 amide bonds. The van der Waals surface area contributed by atoms with E-state index in [-0.39, 0.29) is 5.91 Å². The molecule has 0 radical (unpaired) electrons. The normalized spacial score (nSPS) is 16.1. The number of aromatic nitrogens is 2. The van der Waals surface area contributed by atoms with Gasteiger partial charge in [-0.1, -0.05) is 6.07 Å². The van der Waals surface area contributed by atoms with Gasteiger partial charge in [0.25, 0.3) is 5.91 Å². The number of carbonyl (C=O) groups is 1. The first-order valence-corrected chi connectivity index (χ1v) is 10.9. The summed E-state index contributed by atoms with van der Waals surface area (Å²) in [6, 6.07) is 12.9. The van der Waals surface area contributed by atoms with Crippen LogP contribution >= 0.6 is 0 Å². The maximum absolute atomic E-state index is 12.1. The quantitative estimate of drug-likeness (QED) is 0.557. The lowest BCUT2D eigenvalue weighted by Gasteiger charge is -2.35. The Hall–Kier alpha value is -3.07. The number of methoxy groups -OCH3 is 1. The van der Waals surface area contributed by atoms with Gasteiger partial charge in [0.05, 0.1) is 18.7 Å². The van der Waals surface area contributed by atoms with Crippen LogP contribution in [0.15, 0.2) is 54.9 Å². The molecule has 0 unspecified atom stereocenters. The number of benzene rings is 1. The number of carbonyl (C=O) groups excluding carboxylic acids is 1. The second-order valence-electron chi connectivity index (χ2n) is 7.91. The summed E-state index contributed by atoms with van der Waals surface area (Å²) in [5.41, 5.74) is 2.15. The number of aliphatic hydroxyl groups excluding tert-OH is 1. The van der Waals surface area contributed by atoms with Gasteiger partial charge in [-0.2, -0.15) is 0 Å². The number of pyridine rings is 2. The molecule has 3 aromatic rings. The molecule has 0 aliphatic carbocycles. The number of hydrogen-bond acceptors (Lipinski definition) is 7. The van der Waals surface area contributed by atoms with Crippen molar-refractivity contribution in [3.8, 4) is 5.75 Å². The molecule has 32 heavy (non-hydrogen) atoms. The van der Waals surface area contributed by atoms with Gasteiger partial charge in [-0.25, -0.2) is 0 Å². The van der Waals surface area contributed by atoms with Crippen LogP contribution < -0.4 is 10.1 Å². The van der Waals surface area contributed by atoms with E-state index in [1.807, 2.05) is 24.3 Å². The minimum Gasteiger partial charge on any atom is -0.497 e. The van der Waals surface area contributed by atoms with Crippen LogP contribution in [0.1, 0.15) is 22.2 Å². The third kappa shape index (κ3) is 5.40. The second kappa shape index (κ2) is 10.5. The fourth-order valence-corrected chi connectivity index (χ4v) is 4.02. The summed E-state index contributed by atoms with van der Waals surface area (Å²) >= 11 is 0. The second-order valence-corrected chi connectivity index (χ2v) is 7.91. The first kappa shape index (κ1) is 22.1. The predicted molar refractivity (Wildman–Crippen MR) is 123 cm³/mol. The van der Waals surface area contributed by atoms with Crippen molar-refractivity contribution in [3.05, 3.63) is 66.1 Å². The number of β-amino-alcohol motifs (C(OH)–C–C–N with tert-alkyl or cyclic N) is 1. The first-order chi connectivity index (χ1) is 15.6. The number of nitrogens with zero attached hydrogens (tertiary/aromatic N) is 4. The van der Waals surface area contributed by atoms with E-state index in [9.17, 15) is 9.90 Å². The van der Waals surface area contributed by atoms with Crippen LogP contribution in [0, 0.1) is 0 Å². The highest BCUT2D eigenvalue weighted by molar-refractivity contribution is 5.92. The van der Waals surface area contributed by atoms with E-state index in [1.54, 1.807) is 37.7 Å². The van der Waals surface area contributed by atoms with Gasteiger partial charge in [-0.15, -0.1) is 0 Å². The summed E-state index contributed by atoms with van der Waals surface area (Å²) in [5.74, 6) is 0.608. The molecule has 2 N–H and O–H groups in total. The zero-order valence-electron chi connectivity index (χ0n) is 18.3. The molecule has 1 saturated heterocycles. The van der Waals surface area contributed by atoms with Gasteiger partial charge in [-0.3, -0.25) is 24.6 Å². The van der Waals surface area contributed by atoms with E-state index >= 15 is 0 Å². The third-order valence-corrected chi connectivity index (χ3v) is 5.85. The van der Waals surface area contributed by atoms with Crippen molar-refractivity contribution in [3.63, 3.8) is 0 Å². The molecule has 1 aromatic carbocycles. The van der Waals surface area contributed by atoms with E-state index in [0.717, 1.165) is 54.9 Å². The van der Waals surface area contributed by atoms with E-state index in [2.05, 4.69) is 25.1 Å². The van der Waals surface area contributed by atoms with Crippen LogP contribution in [0.4, 0.5) is 0 Å². The summed E-state index contributed by atoms with van der Waals surface area (Å²) in [6.07, 6.45) is 2.76. The molecule has 1 atom stereocenters. The Morgan fingerprint density at radius 3 is 2.66 bits per heavy atom. The molecule has 168 valence electrons. The third-order valence-electron chi connectivity index (χ3n) is 5.85. The number of rotatable bonds is 8. The van der Waals surface area contributed by atoms with Gasteiger partial charge in [0, 0.05) is 63.6 Å².